The normalized spacial score (nSPS) is 13.1. The van der Waals surface area contributed by atoms with Crippen LogP contribution in [-0.4, -0.2) is 18.8 Å². The molecule has 84 valence electrons. The molecule has 1 aromatic carbocycles. The van der Waals surface area contributed by atoms with E-state index in [1.165, 1.54) is 13.2 Å². The molecule has 0 amide bonds. The zero-order valence-corrected chi connectivity index (χ0v) is 8.50. The molecule has 0 fully saturated rings. The van der Waals surface area contributed by atoms with E-state index in [1.54, 1.807) is 12.1 Å². The number of methoxy groups -OCH3 is 1. The zero-order chi connectivity index (χ0) is 11.5. The van der Waals surface area contributed by atoms with E-state index < -0.39 is 4.92 Å². The van der Waals surface area contributed by atoms with Crippen molar-refractivity contribution in [1.29, 1.82) is 0 Å². The second-order valence-electron chi connectivity index (χ2n) is 3.02. The highest BCUT2D eigenvalue weighted by atomic mass is 16.7. The summed E-state index contributed by atoms with van der Waals surface area (Å²) in [5, 5.41) is 10.2. The molecule has 1 aliphatic heterocycles. The molecule has 0 spiro atoms. The lowest BCUT2D eigenvalue weighted by Gasteiger charge is -2.05. The lowest BCUT2D eigenvalue weighted by atomic mass is 10.1. The maximum absolute atomic E-state index is 10.2. The Morgan fingerprint density at radius 1 is 1.44 bits per heavy atom. The van der Waals surface area contributed by atoms with Crippen LogP contribution < -0.4 is 14.2 Å². The van der Waals surface area contributed by atoms with Crippen LogP contribution in [-0.2, 0) is 0 Å². The summed E-state index contributed by atoms with van der Waals surface area (Å²) < 4.78 is 15.5. The van der Waals surface area contributed by atoms with Crippen LogP contribution in [0.25, 0.3) is 6.08 Å². The summed E-state index contributed by atoms with van der Waals surface area (Å²) in [7, 11) is 1.52. The van der Waals surface area contributed by atoms with E-state index in [1.807, 2.05) is 0 Å². The first-order valence-corrected chi connectivity index (χ1v) is 4.50. The number of nitro groups is 1. The fourth-order valence-electron chi connectivity index (χ4n) is 1.43. The van der Waals surface area contributed by atoms with E-state index in [9.17, 15) is 10.1 Å². The Bertz CT molecular complexity index is 455. The predicted octanol–water partition coefficient (Wildman–Crippen LogP) is 1.67. The first-order chi connectivity index (χ1) is 7.72. The lowest BCUT2D eigenvalue weighted by molar-refractivity contribution is -0.400. The van der Waals surface area contributed by atoms with Gasteiger partial charge in [-0.25, -0.2) is 0 Å². The lowest BCUT2D eigenvalue weighted by Crippen LogP contribution is -1.94. The molecule has 6 heteroatoms. The third-order valence-electron chi connectivity index (χ3n) is 2.11. The van der Waals surface area contributed by atoms with Crippen molar-refractivity contribution >= 4 is 6.08 Å². The number of nitrogens with zero attached hydrogens (tertiary/aromatic N) is 1. The van der Waals surface area contributed by atoms with Gasteiger partial charge in [-0.15, -0.1) is 0 Å². The molecule has 0 aromatic heterocycles. The standard InChI is InChI=1S/C10H9NO5/c1-14-8-3-2-7(4-5-11(12)13)9-10(8)16-6-15-9/h2-5H,6H2,1H3/b5-4-. The van der Waals surface area contributed by atoms with E-state index in [2.05, 4.69) is 0 Å². The number of rotatable bonds is 3. The van der Waals surface area contributed by atoms with Gasteiger partial charge in [0.05, 0.1) is 12.0 Å². The molecule has 0 N–H and O–H groups in total. The molecular formula is C10H9NO5. The van der Waals surface area contributed by atoms with Gasteiger partial charge in [0.1, 0.15) is 0 Å². The molecule has 0 bridgehead atoms. The van der Waals surface area contributed by atoms with Crippen LogP contribution in [0.1, 0.15) is 5.56 Å². The molecule has 16 heavy (non-hydrogen) atoms. The van der Waals surface area contributed by atoms with Crippen LogP contribution in [0.4, 0.5) is 0 Å². The van der Waals surface area contributed by atoms with Gasteiger partial charge in [0.25, 0.3) is 0 Å². The van der Waals surface area contributed by atoms with Gasteiger partial charge in [-0.1, -0.05) is 0 Å². The van der Waals surface area contributed by atoms with Gasteiger partial charge >= 0.3 is 0 Å². The van der Waals surface area contributed by atoms with Crippen LogP contribution >= 0.6 is 0 Å². The number of ether oxygens (including phenoxy) is 3. The van der Waals surface area contributed by atoms with Crippen molar-refractivity contribution in [1.82, 2.24) is 0 Å². The van der Waals surface area contributed by atoms with E-state index >= 15 is 0 Å². The maximum atomic E-state index is 10.2. The Kier molecular flexibility index (Phi) is 2.63. The first-order valence-electron chi connectivity index (χ1n) is 4.50. The highest BCUT2D eigenvalue weighted by Gasteiger charge is 2.21. The van der Waals surface area contributed by atoms with Gasteiger partial charge in [0.2, 0.25) is 18.7 Å². The van der Waals surface area contributed by atoms with Crippen molar-refractivity contribution in [3.05, 3.63) is 34.0 Å². The van der Waals surface area contributed by atoms with Crippen LogP contribution in [0.2, 0.25) is 0 Å². The largest absolute Gasteiger partial charge is 0.493 e. The minimum absolute atomic E-state index is 0.0923. The number of hydrogen-bond donors (Lipinski definition) is 0. The Labute approximate surface area is 91.2 Å². The average Bonchev–Trinajstić information content (AvgIpc) is 2.74. The molecule has 0 saturated carbocycles. The second-order valence-corrected chi connectivity index (χ2v) is 3.02. The topological polar surface area (TPSA) is 70.8 Å². The van der Waals surface area contributed by atoms with Gasteiger partial charge < -0.3 is 14.2 Å². The first kappa shape index (κ1) is 10.3. The van der Waals surface area contributed by atoms with Crippen LogP contribution in [0, 0.1) is 10.1 Å². The summed E-state index contributed by atoms with van der Waals surface area (Å²) in [6, 6.07) is 3.35. The van der Waals surface area contributed by atoms with Crippen molar-refractivity contribution < 1.29 is 19.1 Å². The molecule has 0 unspecified atom stereocenters. The van der Waals surface area contributed by atoms with E-state index in [-0.39, 0.29) is 6.79 Å². The van der Waals surface area contributed by atoms with Gasteiger partial charge in [-0.3, -0.25) is 10.1 Å². The summed E-state index contributed by atoms with van der Waals surface area (Å²) in [6.07, 6.45) is 2.21. The molecule has 0 radical (unpaired) electrons. The smallest absolute Gasteiger partial charge is 0.235 e. The highest BCUT2D eigenvalue weighted by Crippen LogP contribution is 2.43. The minimum atomic E-state index is -0.535. The number of hydrogen-bond acceptors (Lipinski definition) is 5. The molecule has 1 heterocycles. The minimum Gasteiger partial charge on any atom is -0.493 e. The molecule has 0 aliphatic carbocycles. The Balaban J connectivity index is 2.41. The molecule has 2 rings (SSSR count). The zero-order valence-electron chi connectivity index (χ0n) is 8.50. The van der Waals surface area contributed by atoms with Crippen LogP contribution in [0.15, 0.2) is 18.3 Å². The van der Waals surface area contributed by atoms with Crippen molar-refractivity contribution in [2.45, 2.75) is 0 Å². The van der Waals surface area contributed by atoms with E-state index in [0.717, 1.165) is 6.20 Å². The summed E-state index contributed by atoms with van der Waals surface area (Å²) in [6.45, 7) is 0.0923. The summed E-state index contributed by atoms with van der Waals surface area (Å²) in [4.78, 5) is 9.68. The van der Waals surface area contributed by atoms with Crippen LogP contribution in [0.5, 0.6) is 17.2 Å². The monoisotopic (exact) mass is 223 g/mol. The predicted molar refractivity (Wildman–Crippen MR) is 55.1 cm³/mol. The van der Waals surface area contributed by atoms with Gasteiger partial charge in [0.15, 0.2) is 11.5 Å². The summed E-state index contributed by atoms with van der Waals surface area (Å²) in [5.41, 5.74) is 0.588. The molecule has 6 nitrogen and oxygen atoms in total. The van der Waals surface area contributed by atoms with Gasteiger partial charge in [-0.2, -0.15) is 0 Å². The molecule has 1 aromatic rings. The van der Waals surface area contributed by atoms with E-state index in [4.69, 9.17) is 14.2 Å². The van der Waals surface area contributed by atoms with Crippen molar-refractivity contribution in [2.24, 2.45) is 0 Å². The van der Waals surface area contributed by atoms with Gasteiger partial charge in [0, 0.05) is 11.6 Å². The highest BCUT2D eigenvalue weighted by molar-refractivity contribution is 5.66. The quantitative estimate of drug-likeness (QED) is 0.575. The Hall–Kier alpha value is -2.24. The third-order valence-corrected chi connectivity index (χ3v) is 2.11. The van der Waals surface area contributed by atoms with Crippen LogP contribution in [0.3, 0.4) is 0 Å². The maximum Gasteiger partial charge on any atom is 0.235 e. The third kappa shape index (κ3) is 1.77. The average molecular weight is 223 g/mol. The molecule has 1 aliphatic rings. The molecular weight excluding hydrogens is 214 g/mol. The summed E-state index contributed by atoms with van der Waals surface area (Å²) >= 11 is 0. The number of benzene rings is 1. The van der Waals surface area contributed by atoms with Crippen molar-refractivity contribution in [3.63, 3.8) is 0 Å². The SMILES string of the molecule is COc1ccc(/C=C\[N+](=O)[O-])c2c1OCO2. The van der Waals surface area contributed by atoms with Crippen molar-refractivity contribution in [2.75, 3.05) is 13.9 Å². The molecule has 0 atom stereocenters. The van der Waals surface area contributed by atoms with Crippen molar-refractivity contribution in [3.8, 4) is 17.2 Å². The van der Waals surface area contributed by atoms with Gasteiger partial charge in [-0.05, 0) is 12.1 Å². The fraction of sp³-hybridized carbons (Fsp3) is 0.200. The van der Waals surface area contributed by atoms with E-state index in [0.29, 0.717) is 22.8 Å². The number of fused-ring (bicyclic) bond motifs is 1. The summed E-state index contributed by atoms with van der Waals surface area (Å²) in [5.74, 6) is 1.50. The molecule has 0 saturated heterocycles. The second kappa shape index (κ2) is 4.09. The Morgan fingerprint density at radius 2 is 2.19 bits per heavy atom. The fourth-order valence-corrected chi connectivity index (χ4v) is 1.43. The Morgan fingerprint density at radius 3 is 2.88 bits per heavy atom.